The van der Waals surface area contributed by atoms with E-state index in [0.717, 1.165) is 16.0 Å². The number of carboxylic acid groups (broad SMARTS) is 1. The van der Waals surface area contributed by atoms with Crippen molar-refractivity contribution in [3.63, 3.8) is 0 Å². The van der Waals surface area contributed by atoms with Crippen molar-refractivity contribution in [1.82, 2.24) is 0 Å². The standard InChI is InChI=1S/C14H14O4S/c1-9-3-6-13(10(2)7-9)19(17)8-11-4-5-12(18-11)14(15)16/h3-7H,8H2,1-2H3,(H,15,16). The summed E-state index contributed by atoms with van der Waals surface area (Å²) in [6.45, 7) is 3.89. The largest absolute Gasteiger partial charge is 0.475 e. The molecule has 5 heteroatoms. The van der Waals surface area contributed by atoms with Gasteiger partial charge in [0.05, 0.1) is 16.6 Å². The molecule has 19 heavy (non-hydrogen) atoms. The van der Waals surface area contributed by atoms with Crippen LogP contribution in [0.4, 0.5) is 0 Å². The Bertz CT molecular complexity index is 643. The Balaban J connectivity index is 2.18. The predicted octanol–water partition coefficient (Wildman–Crippen LogP) is 2.90. The fraction of sp³-hybridized carbons (Fsp3) is 0.214. The molecule has 1 heterocycles. The number of aromatic carboxylic acids is 1. The number of hydrogen-bond donors (Lipinski definition) is 1. The van der Waals surface area contributed by atoms with Gasteiger partial charge < -0.3 is 9.52 Å². The van der Waals surface area contributed by atoms with Gasteiger partial charge in [0.2, 0.25) is 5.76 Å². The molecule has 1 N–H and O–H groups in total. The van der Waals surface area contributed by atoms with E-state index in [1.54, 1.807) is 6.07 Å². The third-order valence-corrected chi connectivity index (χ3v) is 4.22. The predicted molar refractivity (Wildman–Crippen MR) is 71.7 cm³/mol. The minimum Gasteiger partial charge on any atom is -0.475 e. The fourth-order valence-electron chi connectivity index (χ4n) is 1.83. The van der Waals surface area contributed by atoms with Gasteiger partial charge in [0.15, 0.2) is 0 Å². The number of rotatable bonds is 4. The van der Waals surface area contributed by atoms with E-state index in [1.165, 1.54) is 6.07 Å². The highest BCUT2D eigenvalue weighted by Crippen LogP contribution is 2.19. The summed E-state index contributed by atoms with van der Waals surface area (Å²) in [6, 6.07) is 8.63. The van der Waals surface area contributed by atoms with Crippen LogP contribution in [0.3, 0.4) is 0 Å². The molecule has 0 spiro atoms. The molecule has 1 aromatic heterocycles. The average Bonchev–Trinajstić information content (AvgIpc) is 2.77. The second-order valence-corrected chi connectivity index (χ2v) is 5.75. The van der Waals surface area contributed by atoms with Crippen LogP contribution in [-0.4, -0.2) is 15.3 Å². The Morgan fingerprint density at radius 2 is 2.00 bits per heavy atom. The van der Waals surface area contributed by atoms with Crippen LogP contribution < -0.4 is 0 Å². The zero-order valence-electron chi connectivity index (χ0n) is 10.7. The smallest absolute Gasteiger partial charge is 0.371 e. The molecule has 0 bridgehead atoms. The second kappa shape index (κ2) is 5.40. The number of furan rings is 1. The molecule has 1 unspecified atom stereocenters. The lowest BCUT2D eigenvalue weighted by atomic mass is 10.2. The zero-order chi connectivity index (χ0) is 14.0. The molecular weight excluding hydrogens is 264 g/mol. The van der Waals surface area contributed by atoms with E-state index in [9.17, 15) is 9.00 Å². The van der Waals surface area contributed by atoms with Crippen LogP contribution in [0.25, 0.3) is 0 Å². The van der Waals surface area contributed by atoms with Gasteiger partial charge in [0.25, 0.3) is 0 Å². The Morgan fingerprint density at radius 3 is 2.58 bits per heavy atom. The van der Waals surface area contributed by atoms with Gasteiger partial charge in [-0.05, 0) is 37.6 Å². The summed E-state index contributed by atoms with van der Waals surface area (Å²) in [5.74, 6) is -0.663. The molecule has 0 aliphatic rings. The second-order valence-electron chi connectivity index (χ2n) is 4.33. The van der Waals surface area contributed by atoms with E-state index >= 15 is 0 Å². The van der Waals surface area contributed by atoms with Crippen molar-refractivity contribution in [2.45, 2.75) is 24.5 Å². The molecule has 1 aromatic carbocycles. The van der Waals surface area contributed by atoms with Crippen LogP contribution in [0.1, 0.15) is 27.4 Å². The summed E-state index contributed by atoms with van der Waals surface area (Å²) in [5, 5.41) is 8.75. The highest BCUT2D eigenvalue weighted by Gasteiger charge is 2.13. The van der Waals surface area contributed by atoms with Crippen LogP contribution in [0, 0.1) is 13.8 Å². The van der Waals surface area contributed by atoms with Crippen molar-refractivity contribution in [2.24, 2.45) is 0 Å². The molecule has 0 fully saturated rings. The summed E-state index contributed by atoms with van der Waals surface area (Å²) in [6.07, 6.45) is 0. The van der Waals surface area contributed by atoms with Crippen LogP contribution >= 0.6 is 0 Å². The number of hydrogen-bond acceptors (Lipinski definition) is 3. The third kappa shape index (κ3) is 3.12. The summed E-state index contributed by atoms with van der Waals surface area (Å²) in [4.78, 5) is 11.4. The first-order chi connectivity index (χ1) is 8.97. The molecule has 4 nitrogen and oxygen atoms in total. The number of benzene rings is 1. The number of carbonyl (C=O) groups is 1. The lowest BCUT2D eigenvalue weighted by Gasteiger charge is -2.05. The summed E-state index contributed by atoms with van der Waals surface area (Å²) in [7, 11) is -1.24. The molecule has 0 saturated heterocycles. The van der Waals surface area contributed by atoms with Crippen molar-refractivity contribution in [3.8, 4) is 0 Å². The first-order valence-electron chi connectivity index (χ1n) is 5.75. The first-order valence-corrected chi connectivity index (χ1v) is 7.07. The van der Waals surface area contributed by atoms with Gasteiger partial charge in [-0.1, -0.05) is 17.7 Å². The topological polar surface area (TPSA) is 67.5 Å². The van der Waals surface area contributed by atoms with Crippen LogP contribution in [-0.2, 0) is 16.6 Å². The van der Waals surface area contributed by atoms with Gasteiger partial charge in [-0.25, -0.2) is 4.79 Å². The van der Waals surface area contributed by atoms with Crippen molar-refractivity contribution in [1.29, 1.82) is 0 Å². The van der Waals surface area contributed by atoms with Gasteiger partial charge in [-0.3, -0.25) is 4.21 Å². The van der Waals surface area contributed by atoms with Gasteiger partial charge in [0.1, 0.15) is 5.76 Å². The van der Waals surface area contributed by atoms with Gasteiger partial charge in [0, 0.05) is 4.90 Å². The molecule has 0 radical (unpaired) electrons. The Morgan fingerprint density at radius 1 is 1.26 bits per heavy atom. The van der Waals surface area contributed by atoms with E-state index in [4.69, 9.17) is 9.52 Å². The molecule has 0 aliphatic heterocycles. The molecule has 0 saturated carbocycles. The number of carboxylic acids is 1. The molecule has 0 aliphatic carbocycles. The molecule has 2 aromatic rings. The van der Waals surface area contributed by atoms with Crippen molar-refractivity contribution < 1.29 is 18.5 Å². The van der Waals surface area contributed by atoms with Gasteiger partial charge in [-0.15, -0.1) is 0 Å². The monoisotopic (exact) mass is 278 g/mol. The van der Waals surface area contributed by atoms with Crippen LogP contribution in [0.15, 0.2) is 39.6 Å². The van der Waals surface area contributed by atoms with Crippen LogP contribution in [0.2, 0.25) is 0 Å². The maximum atomic E-state index is 12.2. The van der Waals surface area contributed by atoms with E-state index in [1.807, 2.05) is 32.0 Å². The lowest BCUT2D eigenvalue weighted by Crippen LogP contribution is -1.98. The highest BCUT2D eigenvalue weighted by molar-refractivity contribution is 7.84. The SMILES string of the molecule is Cc1ccc(S(=O)Cc2ccc(C(=O)O)o2)c(C)c1. The minimum absolute atomic E-state index is 0.132. The summed E-state index contributed by atoms with van der Waals surface area (Å²) in [5.41, 5.74) is 2.08. The fourth-order valence-corrected chi connectivity index (χ4v) is 3.04. The van der Waals surface area contributed by atoms with Crippen molar-refractivity contribution >= 4 is 16.8 Å². The van der Waals surface area contributed by atoms with Gasteiger partial charge >= 0.3 is 5.97 Å². The lowest BCUT2D eigenvalue weighted by molar-refractivity contribution is 0.0661. The molecule has 0 amide bonds. The molecular formula is C14H14O4S. The van der Waals surface area contributed by atoms with Gasteiger partial charge in [-0.2, -0.15) is 0 Å². The van der Waals surface area contributed by atoms with E-state index in [2.05, 4.69) is 0 Å². The molecule has 100 valence electrons. The first kappa shape index (κ1) is 13.5. The van der Waals surface area contributed by atoms with Crippen molar-refractivity contribution in [3.05, 3.63) is 53.0 Å². The zero-order valence-corrected chi connectivity index (χ0v) is 11.5. The maximum absolute atomic E-state index is 12.2. The quantitative estimate of drug-likeness (QED) is 0.933. The Labute approximate surface area is 113 Å². The summed E-state index contributed by atoms with van der Waals surface area (Å²) < 4.78 is 17.3. The minimum atomic E-state index is -1.24. The third-order valence-electron chi connectivity index (χ3n) is 2.72. The Kier molecular flexibility index (Phi) is 3.85. The van der Waals surface area contributed by atoms with E-state index in [-0.39, 0.29) is 11.5 Å². The number of aryl methyl sites for hydroxylation is 2. The summed E-state index contributed by atoms with van der Waals surface area (Å²) >= 11 is 0. The highest BCUT2D eigenvalue weighted by atomic mass is 32.2. The normalized spacial score (nSPS) is 12.3. The Hall–Kier alpha value is -1.88. The molecule has 1 atom stereocenters. The molecule has 2 rings (SSSR count). The van der Waals surface area contributed by atoms with Crippen molar-refractivity contribution in [2.75, 3.05) is 0 Å². The maximum Gasteiger partial charge on any atom is 0.371 e. The van der Waals surface area contributed by atoms with Crippen LogP contribution in [0.5, 0.6) is 0 Å². The average molecular weight is 278 g/mol. The van der Waals surface area contributed by atoms with E-state index < -0.39 is 16.8 Å². The van der Waals surface area contributed by atoms with E-state index in [0.29, 0.717) is 5.76 Å².